The molecule has 4 nitrogen and oxygen atoms in total. The number of nitrogens with zero attached hydrogens (tertiary/aromatic N) is 2. The molecule has 3 atom stereocenters. The molecule has 0 unspecified atom stereocenters. The quantitative estimate of drug-likeness (QED) is 0.718. The van der Waals surface area contributed by atoms with E-state index < -0.39 is 0 Å². The molecule has 0 N–H and O–H groups in total. The summed E-state index contributed by atoms with van der Waals surface area (Å²) in [4.78, 5) is 28.4. The van der Waals surface area contributed by atoms with E-state index in [0.717, 1.165) is 18.7 Å². The zero-order chi connectivity index (χ0) is 14.3. The fourth-order valence-corrected chi connectivity index (χ4v) is 3.85. The summed E-state index contributed by atoms with van der Waals surface area (Å²) in [6, 6.07) is 0.0726. The van der Waals surface area contributed by atoms with Gasteiger partial charge >= 0.3 is 0 Å². The molecule has 4 heteroatoms. The van der Waals surface area contributed by atoms with Crippen molar-refractivity contribution in [2.75, 3.05) is 20.1 Å². The number of allylic oxidation sites excluding steroid dienone is 2. The van der Waals surface area contributed by atoms with Crippen molar-refractivity contribution in [2.24, 2.45) is 11.8 Å². The lowest BCUT2D eigenvalue weighted by Gasteiger charge is -2.39. The van der Waals surface area contributed by atoms with Gasteiger partial charge in [0.2, 0.25) is 11.8 Å². The minimum absolute atomic E-state index is 0.00469. The predicted molar refractivity (Wildman–Crippen MR) is 76.9 cm³/mol. The van der Waals surface area contributed by atoms with Crippen LogP contribution in [-0.4, -0.2) is 47.8 Å². The van der Waals surface area contributed by atoms with Crippen LogP contribution in [0.15, 0.2) is 24.3 Å². The first-order valence-corrected chi connectivity index (χ1v) is 7.52. The highest BCUT2D eigenvalue weighted by Gasteiger charge is 2.52. The zero-order valence-corrected chi connectivity index (χ0v) is 12.0. The summed E-state index contributed by atoms with van der Waals surface area (Å²) in [7, 11) is 1.61. The van der Waals surface area contributed by atoms with Crippen LogP contribution in [-0.2, 0) is 9.59 Å². The Morgan fingerprint density at radius 3 is 2.55 bits per heavy atom. The van der Waals surface area contributed by atoms with Crippen molar-refractivity contribution in [3.8, 4) is 0 Å². The van der Waals surface area contributed by atoms with Crippen LogP contribution in [0, 0.1) is 11.8 Å². The van der Waals surface area contributed by atoms with Gasteiger partial charge in [-0.1, -0.05) is 30.7 Å². The average molecular weight is 274 g/mol. The summed E-state index contributed by atoms with van der Waals surface area (Å²) in [5.41, 5.74) is 1.11. The summed E-state index contributed by atoms with van der Waals surface area (Å²) >= 11 is 0. The molecule has 2 amide bonds. The van der Waals surface area contributed by atoms with Gasteiger partial charge in [-0.25, -0.2) is 0 Å². The molecule has 0 saturated carbocycles. The number of amides is 2. The fraction of sp³-hybridized carbons (Fsp3) is 0.625. The first-order valence-electron chi connectivity index (χ1n) is 7.52. The normalized spacial score (nSPS) is 35.0. The van der Waals surface area contributed by atoms with Crippen molar-refractivity contribution < 1.29 is 9.59 Å². The van der Waals surface area contributed by atoms with Crippen LogP contribution in [0.4, 0.5) is 0 Å². The molecule has 2 aliphatic heterocycles. The summed E-state index contributed by atoms with van der Waals surface area (Å²) in [5.74, 6) is -0.392. The first-order chi connectivity index (χ1) is 9.63. The molecule has 1 aliphatic carbocycles. The molecule has 20 heavy (non-hydrogen) atoms. The lowest BCUT2D eigenvalue weighted by Crippen LogP contribution is -2.48. The van der Waals surface area contributed by atoms with Gasteiger partial charge in [0.15, 0.2) is 0 Å². The average Bonchev–Trinajstić information content (AvgIpc) is 2.72. The first kappa shape index (κ1) is 13.6. The van der Waals surface area contributed by atoms with Crippen LogP contribution >= 0.6 is 0 Å². The standard InChI is InChI=1S/C16H22N2O2/c1-3-11-9-12-14(16(20)17(2)15(12)19)13(10-11)18-7-5-4-6-8-18/h3,10,12-14H,1,4-9H2,2H3/t12-,13+,14-/m0/s1. The maximum Gasteiger partial charge on any atom is 0.234 e. The lowest BCUT2D eigenvalue weighted by atomic mass is 9.77. The number of hydrogen-bond donors (Lipinski definition) is 0. The molecule has 0 aromatic carbocycles. The van der Waals surface area contributed by atoms with Gasteiger partial charge < -0.3 is 0 Å². The number of hydrogen-bond acceptors (Lipinski definition) is 3. The lowest BCUT2D eigenvalue weighted by molar-refractivity contribution is -0.138. The van der Waals surface area contributed by atoms with E-state index in [0.29, 0.717) is 6.42 Å². The van der Waals surface area contributed by atoms with Crippen molar-refractivity contribution in [2.45, 2.75) is 31.7 Å². The Morgan fingerprint density at radius 2 is 1.90 bits per heavy atom. The summed E-state index contributed by atoms with van der Waals surface area (Å²) in [5, 5.41) is 0. The van der Waals surface area contributed by atoms with Gasteiger partial charge in [0.25, 0.3) is 0 Å². The van der Waals surface area contributed by atoms with E-state index in [4.69, 9.17) is 0 Å². The molecular weight excluding hydrogens is 252 g/mol. The molecule has 2 fully saturated rings. The van der Waals surface area contributed by atoms with Crippen molar-refractivity contribution in [3.63, 3.8) is 0 Å². The zero-order valence-electron chi connectivity index (χ0n) is 12.0. The maximum absolute atomic E-state index is 12.4. The molecular formula is C16H22N2O2. The number of piperidine rings is 1. The third-order valence-electron chi connectivity index (χ3n) is 4.98. The molecule has 108 valence electrons. The number of rotatable bonds is 2. The van der Waals surface area contributed by atoms with Crippen LogP contribution in [0.5, 0.6) is 0 Å². The van der Waals surface area contributed by atoms with Crippen LogP contribution in [0.2, 0.25) is 0 Å². The molecule has 0 bridgehead atoms. The Bertz CT molecular complexity index is 477. The molecule has 0 spiro atoms. The molecule has 2 heterocycles. The highest BCUT2D eigenvalue weighted by Crippen LogP contribution is 2.40. The third kappa shape index (κ3) is 2.03. The van der Waals surface area contributed by atoms with E-state index in [1.54, 1.807) is 7.05 Å². The Kier molecular flexibility index (Phi) is 3.50. The number of fused-ring (bicyclic) bond motifs is 1. The topological polar surface area (TPSA) is 40.6 Å². The number of carbonyl (C=O) groups is 2. The summed E-state index contributed by atoms with van der Waals surface area (Å²) in [6.45, 7) is 5.90. The molecule has 0 aromatic rings. The van der Waals surface area contributed by atoms with Gasteiger partial charge in [-0.05, 0) is 32.4 Å². The fourth-order valence-electron chi connectivity index (χ4n) is 3.85. The van der Waals surface area contributed by atoms with Crippen LogP contribution in [0.25, 0.3) is 0 Å². The van der Waals surface area contributed by atoms with Gasteiger partial charge in [0, 0.05) is 13.1 Å². The minimum Gasteiger partial charge on any atom is -0.296 e. The predicted octanol–water partition coefficient (Wildman–Crippen LogP) is 1.59. The second-order valence-electron chi connectivity index (χ2n) is 6.10. The molecule has 3 rings (SSSR count). The Morgan fingerprint density at radius 1 is 1.20 bits per heavy atom. The van der Waals surface area contributed by atoms with Gasteiger partial charge in [-0.15, -0.1) is 0 Å². The molecule has 3 aliphatic rings. The Hall–Kier alpha value is -1.42. The maximum atomic E-state index is 12.4. The minimum atomic E-state index is -0.186. The van der Waals surface area contributed by atoms with Gasteiger partial charge in [0.1, 0.15) is 0 Å². The van der Waals surface area contributed by atoms with E-state index in [1.165, 1.54) is 24.2 Å². The Balaban J connectivity index is 1.94. The van der Waals surface area contributed by atoms with E-state index in [2.05, 4.69) is 17.6 Å². The van der Waals surface area contributed by atoms with Crippen LogP contribution in [0.1, 0.15) is 25.7 Å². The van der Waals surface area contributed by atoms with Crippen molar-refractivity contribution in [1.29, 1.82) is 0 Å². The van der Waals surface area contributed by atoms with E-state index in [-0.39, 0.29) is 29.7 Å². The van der Waals surface area contributed by atoms with E-state index in [9.17, 15) is 9.59 Å². The highest BCUT2D eigenvalue weighted by molar-refractivity contribution is 6.05. The highest BCUT2D eigenvalue weighted by atomic mass is 16.2. The van der Waals surface area contributed by atoms with Crippen molar-refractivity contribution in [3.05, 3.63) is 24.3 Å². The third-order valence-corrected chi connectivity index (χ3v) is 4.98. The van der Waals surface area contributed by atoms with Gasteiger partial charge in [0.05, 0.1) is 11.8 Å². The molecule has 0 aromatic heterocycles. The Labute approximate surface area is 120 Å². The second kappa shape index (κ2) is 5.17. The monoisotopic (exact) mass is 274 g/mol. The second-order valence-corrected chi connectivity index (χ2v) is 6.10. The number of carbonyl (C=O) groups excluding carboxylic acids is 2. The van der Waals surface area contributed by atoms with Gasteiger partial charge in [-0.2, -0.15) is 0 Å². The van der Waals surface area contributed by atoms with Crippen LogP contribution in [0.3, 0.4) is 0 Å². The van der Waals surface area contributed by atoms with Crippen LogP contribution < -0.4 is 0 Å². The van der Waals surface area contributed by atoms with Crippen molar-refractivity contribution >= 4 is 11.8 Å². The smallest absolute Gasteiger partial charge is 0.234 e. The summed E-state index contributed by atoms with van der Waals surface area (Å²) < 4.78 is 0. The van der Waals surface area contributed by atoms with E-state index >= 15 is 0 Å². The number of likely N-dealkylation sites (tertiary alicyclic amines) is 2. The summed E-state index contributed by atoms with van der Waals surface area (Å²) in [6.07, 6.45) is 8.30. The SMILES string of the molecule is C=CC1=C[C@@H](N2CCCCC2)[C@H]2C(=O)N(C)C(=O)[C@H]2C1. The molecule has 0 radical (unpaired) electrons. The largest absolute Gasteiger partial charge is 0.296 e. The molecule has 2 saturated heterocycles. The van der Waals surface area contributed by atoms with E-state index in [1.807, 2.05) is 6.08 Å². The van der Waals surface area contributed by atoms with Crippen molar-refractivity contribution in [1.82, 2.24) is 9.80 Å². The van der Waals surface area contributed by atoms with Gasteiger partial charge in [-0.3, -0.25) is 19.4 Å². The number of imide groups is 1.